The Labute approximate surface area is 562 Å². The molecule has 3 unspecified atom stereocenters. The van der Waals surface area contributed by atoms with E-state index >= 15 is 0 Å². The third-order valence-corrected chi connectivity index (χ3v) is 19.2. The summed E-state index contributed by atoms with van der Waals surface area (Å²) in [6.45, 7) is 9.53. The fourth-order valence-corrected chi connectivity index (χ4v) is 12.7. The van der Waals surface area contributed by atoms with Crippen molar-refractivity contribution in [3.8, 4) is 0 Å². The highest BCUT2D eigenvalue weighted by Gasteiger charge is 2.30. The number of carbonyl (C=O) groups excluding carboxylic acids is 4. The lowest BCUT2D eigenvalue weighted by molar-refractivity contribution is -0.161. The lowest BCUT2D eigenvalue weighted by atomic mass is 9.99. The van der Waals surface area contributed by atoms with E-state index < -0.39 is 97.5 Å². The molecule has 0 aliphatic rings. The molecule has 6 atom stereocenters. The number of esters is 4. The molecule has 0 aliphatic carbocycles. The highest BCUT2D eigenvalue weighted by molar-refractivity contribution is 7.47. The van der Waals surface area contributed by atoms with Crippen LogP contribution in [0.2, 0.25) is 0 Å². The predicted molar refractivity (Wildman–Crippen MR) is 372 cm³/mol. The third-order valence-electron chi connectivity index (χ3n) is 17.3. The second kappa shape index (κ2) is 65.0. The van der Waals surface area contributed by atoms with E-state index in [-0.39, 0.29) is 25.7 Å². The Balaban J connectivity index is 5.20. The van der Waals surface area contributed by atoms with Crippen LogP contribution in [-0.4, -0.2) is 96.7 Å². The molecule has 0 rings (SSSR count). The van der Waals surface area contributed by atoms with Gasteiger partial charge in [-0.3, -0.25) is 37.3 Å². The van der Waals surface area contributed by atoms with Crippen LogP contribution in [0.5, 0.6) is 0 Å². The molecule has 0 saturated carbocycles. The van der Waals surface area contributed by atoms with Crippen LogP contribution in [0.25, 0.3) is 0 Å². The lowest BCUT2D eigenvalue weighted by Gasteiger charge is -2.21. The summed E-state index contributed by atoms with van der Waals surface area (Å²) in [4.78, 5) is 72.6. The maximum absolute atomic E-state index is 13.1. The fourth-order valence-electron chi connectivity index (χ4n) is 11.1. The third kappa shape index (κ3) is 65.4. The summed E-state index contributed by atoms with van der Waals surface area (Å²) in [6, 6.07) is 0. The van der Waals surface area contributed by atoms with Crippen molar-refractivity contribution in [3.63, 3.8) is 0 Å². The standard InChI is InChI=1S/C73H142O17P2/c1-7-10-12-14-16-18-19-20-21-22-23-24-25-26-27-32-39-45-51-57-72(77)89-69(62-84-71(76)56-50-44-38-31-29-28-30-36-42-48-54-66(6)9-3)64-88-92(81,82)86-60-67(74)59-85-91(79,80)87-63-68(61-83-70(75)55-49-43-37-17-15-13-11-8-2)90-73(78)58-52-46-40-34-33-35-41-47-53-65(4)5/h65-69,74H,7-64H2,1-6H3,(H,79,80)(H,81,82)/t66?,67-,68+,69+/m0/s1. The average molecular weight is 1350 g/mol. The van der Waals surface area contributed by atoms with Crippen molar-refractivity contribution in [2.45, 2.75) is 394 Å². The Hall–Kier alpha value is -1.94. The monoisotopic (exact) mass is 1350 g/mol. The van der Waals surface area contributed by atoms with Crippen molar-refractivity contribution in [1.29, 1.82) is 0 Å². The minimum atomic E-state index is -4.95. The number of carbonyl (C=O) groups is 4. The number of rotatable bonds is 72. The second-order valence-electron chi connectivity index (χ2n) is 27.1. The van der Waals surface area contributed by atoms with E-state index in [0.717, 1.165) is 108 Å². The van der Waals surface area contributed by atoms with Gasteiger partial charge in [0, 0.05) is 25.7 Å². The molecule has 19 heteroatoms. The summed E-state index contributed by atoms with van der Waals surface area (Å²) in [5.41, 5.74) is 0. The van der Waals surface area contributed by atoms with Crippen molar-refractivity contribution in [2.24, 2.45) is 11.8 Å². The zero-order chi connectivity index (χ0) is 67.9. The van der Waals surface area contributed by atoms with Gasteiger partial charge in [0.15, 0.2) is 12.2 Å². The van der Waals surface area contributed by atoms with Gasteiger partial charge in [0.05, 0.1) is 26.4 Å². The van der Waals surface area contributed by atoms with Gasteiger partial charge in [-0.2, -0.15) is 0 Å². The van der Waals surface area contributed by atoms with Crippen LogP contribution >= 0.6 is 15.6 Å². The SMILES string of the molecule is CCCCCCCCCCCCCCCCCCCCCC(=O)O[C@H](COC(=O)CCCCCCCCCCCCC(C)CC)COP(=O)(O)OC[C@@H](O)COP(=O)(O)OC[C@@H](COC(=O)CCCCCCCCCC)OC(=O)CCCCCCCCCCC(C)C. The van der Waals surface area contributed by atoms with Gasteiger partial charge >= 0.3 is 39.5 Å². The van der Waals surface area contributed by atoms with Gasteiger partial charge in [0.2, 0.25) is 0 Å². The van der Waals surface area contributed by atoms with Crippen molar-refractivity contribution in [2.75, 3.05) is 39.6 Å². The molecule has 0 radical (unpaired) electrons. The number of hydrogen-bond acceptors (Lipinski definition) is 15. The Morgan fingerprint density at radius 3 is 0.826 bits per heavy atom. The van der Waals surface area contributed by atoms with Crippen LogP contribution in [-0.2, 0) is 65.4 Å². The van der Waals surface area contributed by atoms with E-state index in [1.165, 1.54) is 186 Å². The summed E-state index contributed by atoms with van der Waals surface area (Å²) in [5.74, 6) is -0.596. The topological polar surface area (TPSA) is 237 Å². The minimum Gasteiger partial charge on any atom is -0.462 e. The largest absolute Gasteiger partial charge is 0.472 e. The number of ether oxygens (including phenoxy) is 4. The first-order valence-electron chi connectivity index (χ1n) is 38.0. The molecular formula is C73H142O17P2. The summed E-state index contributed by atoms with van der Waals surface area (Å²) >= 11 is 0. The molecule has 0 aromatic carbocycles. The summed E-state index contributed by atoms with van der Waals surface area (Å²) in [5, 5.41) is 10.6. The molecule has 546 valence electrons. The van der Waals surface area contributed by atoms with E-state index in [1.807, 2.05) is 0 Å². The number of aliphatic hydroxyl groups is 1. The van der Waals surface area contributed by atoms with E-state index in [1.54, 1.807) is 0 Å². The molecule has 92 heavy (non-hydrogen) atoms. The summed E-state index contributed by atoms with van der Waals surface area (Å²) in [6.07, 6.45) is 51.4. The summed E-state index contributed by atoms with van der Waals surface area (Å²) in [7, 11) is -9.90. The molecule has 0 spiro atoms. The smallest absolute Gasteiger partial charge is 0.462 e. The van der Waals surface area contributed by atoms with E-state index in [9.17, 15) is 43.2 Å². The van der Waals surface area contributed by atoms with Gasteiger partial charge in [-0.15, -0.1) is 0 Å². The molecule has 0 amide bonds. The molecule has 17 nitrogen and oxygen atoms in total. The van der Waals surface area contributed by atoms with Gasteiger partial charge in [0.25, 0.3) is 0 Å². The molecule has 0 aliphatic heterocycles. The van der Waals surface area contributed by atoms with Gasteiger partial charge < -0.3 is 33.8 Å². The van der Waals surface area contributed by atoms with Gasteiger partial charge in [-0.1, -0.05) is 324 Å². The lowest BCUT2D eigenvalue weighted by Crippen LogP contribution is -2.30. The van der Waals surface area contributed by atoms with Gasteiger partial charge in [0.1, 0.15) is 19.3 Å². The Morgan fingerprint density at radius 1 is 0.315 bits per heavy atom. The first-order chi connectivity index (χ1) is 44.4. The van der Waals surface area contributed by atoms with Crippen LogP contribution in [0.4, 0.5) is 0 Å². The molecule has 0 aromatic rings. The number of phosphoric acid groups is 2. The van der Waals surface area contributed by atoms with Crippen molar-refractivity contribution >= 4 is 39.5 Å². The van der Waals surface area contributed by atoms with Crippen LogP contribution in [0.1, 0.15) is 375 Å². The number of aliphatic hydroxyl groups excluding tert-OH is 1. The fraction of sp³-hybridized carbons (Fsp3) is 0.945. The van der Waals surface area contributed by atoms with Crippen LogP contribution in [0.3, 0.4) is 0 Å². The zero-order valence-corrected chi connectivity index (χ0v) is 61.6. The number of hydrogen-bond donors (Lipinski definition) is 3. The van der Waals surface area contributed by atoms with Crippen LogP contribution in [0, 0.1) is 11.8 Å². The van der Waals surface area contributed by atoms with E-state index in [0.29, 0.717) is 25.7 Å². The van der Waals surface area contributed by atoms with Gasteiger partial charge in [-0.25, -0.2) is 9.13 Å². The first-order valence-corrected chi connectivity index (χ1v) is 41.0. The van der Waals surface area contributed by atoms with E-state index in [2.05, 4.69) is 41.5 Å². The second-order valence-corrected chi connectivity index (χ2v) is 30.0. The molecule has 0 heterocycles. The maximum Gasteiger partial charge on any atom is 0.472 e. The molecule has 0 fully saturated rings. The first kappa shape index (κ1) is 90.1. The Bertz CT molecular complexity index is 1790. The quantitative estimate of drug-likeness (QED) is 0.0222. The van der Waals surface area contributed by atoms with Crippen molar-refractivity contribution in [3.05, 3.63) is 0 Å². The number of phosphoric ester groups is 2. The van der Waals surface area contributed by atoms with E-state index in [4.69, 9.17) is 37.0 Å². The van der Waals surface area contributed by atoms with Crippen LogP contribution in [0.15, 0.2) is 0 Å². The minimum absolute atomic E-state index is 0.104. The molecule has 3 N–H and O–H groups in total. The van der Waals surface area contributed by atoms with Crippen molar-refractivity contribution in [1.82, 2.24) is 0 Å². The zero-order valence-electron chi connectivity index (χ0n) is 59.9. The highest BCUT2D eigenvalue weighted by Crippen LogP contribution is 2.45. The highest BCUT2D eigenvalue weighted by atomic mass is 31.2. The maximum atomic E-state index is 13.1. The molecule has 0 aromatic heterocycles. The van der Waals surface area contributed by atoms with Crippen LogP contribution < -0.4 is 0 Å². The number of unbranched alkanes of at least 4 members (excludes halogenated alkanes) is 41. The molecular weight excluding hydrogens is 1210 g/mol. The van der Waals surface area contributed by atoms with Crippen molar-refractivity contribution < 1.29 is 80.2 Å². The Kier molecular flexibility index (Phi) is 63.7. The molecule has 0 bridgehead atoms. The normalized spacial score (nSPS) is 14.4. The predicted octanol–water partition coefficient (Wildman–Crippen LogP) is 21.2. The van der Waals surface area contributed by atoms with Gasteiger partial charge in [-0.05, 0) is 37.5 Å². The molecule has 0 saturated heterocycles. The average Bonchev–Trinajstić information content (AvgIpc) is 3.69. The Morgan fingerprint density at radius 2 is 0.554 bits per heavy atom. The summed E-state index contributed by atoms with van der Waals surface area (Å²) < 4.78 is 68.3.